The van der Waals surface area contributed by atoms with Gasteiger partial charge in [-0.2, -0.15) is 0 Å². The summed E-state index contributed by atoms with van der Waals surface area (Å²) in [6.45, 7) is 0.578. The minimum Gasteiger partial charge on any atom is -0.467 e. The van der Waals surface area contributed by atoms with Crippen molar-refractivity contribution in [1.29, 1.82) is 0 Å². The number of hydrogen-bond acceptors (Lipinski definition) is 2. The molecule has 0 aliphatic carbocycles. The quantitative estimate of drug-likeness (QED) is 0.932. The number of hydrogen-bond donors (Lipinski definition) is 1. The van der Waals surface area contributed by atoms with Gasteiger partial charge in [-0.05, 0) is 35.1 Å². The summed E-state index contributed by atoms with van der Waals surface area (Å²) in [4.78, 5) is 0. The molecule has 2 nitrogen and oxygen atoms in total. The second-order valence-electron chi connectivity index (χ2n) is 3.39. The van der Waals surface area contributed by atoms with Crippen LogP contribution in [0.4, 0.5) is 4.39 Å². The Kier molecular flexibility index (Phi) is 3.41. The van der Waals surface area contributed by atoms with Crippen molar-refractivity contribution in [2.24, 2.45) is 0 Å². The van der Waals surface area contributed by atoms with E-state index in [1.54, 1.807) is 30.5 Å². The monoisotopic (exact) mass is 283 g/mol. The number of furan rings is 1. The van der Waals surface area contributed by atoms with Gasteiger partial charge in [-0.15, -0.1) is 0 Å². The van der Waals surface area contributed by atoms with E-state index in [1.807, 2.05) is 7.05 Å². The Balaban J connectivity index is 2.50. The van der Waals surface area contributed by atoms with E-state index in [4.69, 9.17) is 4.42 Å². The van der Waals surface area contributed by atoms with Crippen LogP contribution in [0.1, 0.15) is 5.76 Å². The first-order chi connectivity index (χ1) is 7.74. The standard InChI is InChI=1S/C12H11BrFNO/c1-15-7-11-8(5-6-16-11)9-3-2-4-10(13)12(9)14/h2-6,15H,7H2,1H3. The van der Waals surface area contributed by atoms with Crippen molar-refractivity contribution in [3.8, 4) is 11.1 Å². The zero-order chi connectivity index (χ0) is 11.5. The lowest BCUT2D eigenvalue weighted by Gasteiger charge is -2.05. The summed E-state index contributed by atoms with van der Waals surface area (Å²) in [5, 5.41) is 2.99. The molecule has 0 fully saturated rings. The van der Waals surface area contributed by atoms with Crippen molar-refractivity contribution < 1.29 is 8.81 Å². The van der Waals surface area contributed by atoms with E-state index >= 15 is 0 Å². The van der Waals surface area contributed by atoms with Gasteiger partial charge in [0.15, 0.2) is 0 Å². The molecule has 0 aliphatic rings. The molecule has 2 aromatic rings. The molecule has 1 aromatic carbocycles. The van der Waals surface area contributed by atoms with Crippen LogP contribution < -0.4 is 5.32 Å². The van der Waals surface area contributed by atoms with Crippen LogP contribution >= 0.6 is 15.9 Å². The maximum Gasteiger partial charge on any atom is 0.145 e. The molecule has 0 spiro atoms. The van der Waals surface area contributed by atoms with Crippen molar-refractivity contribution in [3.63, 3.8) is 0 Å². The molecular formula is C12H11BrFNO. The fraction of sp³-hybridized carbons (Fsp3) is 0.167. The zero-order valence-corrected chi connectivity index (χ0v) is 10.3. The molecule has 1 aromatic heterocycles. The zero-order valence-electron chi connectivity index (χ0n) is 8.76. The molecule has 0 atom stereocenters. The number of nitrogens with one attached hydrogen (secondary N) is 1. The molecule has 0 aliphatic heterocycles. The predicted molar refractivity (Wildman–Crippen MR) is 64.6 cm³/mol. The molecular weight excluding hydrogens is 273 g/mol. The van der Waals surface area contributed by atoms with Crippen LogP contribution in [0, 0.1) is 5.82 Å². The molecule has 84 valence electrons. The topological polar surface area (TPSA) is 25.2 Å². The number of rotatable bonds is 3. The average Bonchev–Trinajstić information content (AvgIpc) is 2.71. The molecule has 2 rings (SSSR count). The van der Waals surface area contributed by atoms with Gasteiger partial charge >= 0.3 is 0 Å². The van der Waals surface area contributed by atoms with Crippen LogP contribution in [0.15, 0.2) is 39.4 Å². The van der Waals surface area contributed by atoms with Gasteiger partial charge in [0, 0.05) is 11.1 Å². The van der Waals surface area contributed by atoms with E-state index in [9.17, 15) is 4.39 Å². The van der Waals surface area contributed by atoms with Crippen LogP contribution in [0.25, 0.3) is 11.1 Å². The summed E-state index contributed by atoms with van der Waals surface area (Å²) in [5.41, 5.74) is 1.33. The third kappa shape index (κ3) is 2.03. The molecule has 0 amide bonds. The second-order valence-corrected chi connectivity index (χ2v) is 4.24. The van der Waals surface area contributed by atoms with E-state index in [-0.39, 0.29) is 5.82 Å². The lowest BCUT2D eigenvalue weighted by molar-refractivity contribution is 0.496. The Hall–Kier alpha value is -1.13. The van der Waals surface area contributed by atoms with E-state index < -0.39 is 0 Å². The fourth-order valence-electron chi connectivity index (χ4n) is 1.59. The van der Waals surface area contributed by atoms with Gasteiger partial charge in [0.2, 0.25) is 0 Å². The van der Waals surface area contributed by atoms with Crippen molar-refractivity contribution in [1.82, 2.24) is 5.32 Å². The minimum atomic E-state index is -0.263. The minimum absolute atomic E-state index is 0.263. The molecule has 4 heteroatoms. The van der Waals surface area contributed by atoms with Gasteiger partial charge in [-0.1, -0.05) is 12.1 Å². The summed E-state index contributed by atoms with van der Waals surface area (Å²) in [6, 6.07) is 7.00. The SMILES string of the molecule is CNCc1occc1-c1cccc(Br)c1F. The second kappa shape index (κ2) is 4.80. The molecule has 0 saturated heterocycles. The van der Waals surface area contributed by atoms with Crippen LogP contribution in [0.5, 0.6) is 0 Å². The highest BCUT2D eigenvalue weighted by Crippen LogP contribution is 2.30. The lowest BCUT2D eigenvalue weighted by atomic mass is 10.1. The summed E-state index contributed by atoms with van der Waals surface area (Å²) in [6.07, 6.45) is 1.57. The Morgan fingerprint density at radius 3 is 2.88 bits per heavy atom. The van der Waals surface area contributed by atoms with Crippen LogP contribution in [-0.4, -0.2) is 7.05 Å². The van der Waals surface area contributed by atoms with Crippen molar-refractivity contribution >= 4 is 15.9 Å². The van der Waals surface area contributed by atoms with E-state index in [0.717, 1.165) is 11.3 Å². The smallest absolute Gasteiger partial charge is 0.145 e. The van der Waals surface area contributed by atoms with Gasteiger partial charge < -0.3 is 9.73 Å². The normalized spacial score (nSPS) is 10.7. The Morgan fingerprint density at radius 1 is 1.31 bits per heavy atom. The van der Waals surface area contributed by atoms with Gasteiger partial charge in [-0.3, -0.25) is 0 Å². The highest BCUT2D eigenvalue weighted by molar-refractivity contribution is 9.10. The van der Waals surface area contributed by atoms with Crippen molar-refractivity contribution in [2.75, 3.05) is 7.05 Å². The maximum atomic E-state index is 13.9. The highest BCUT2D eigenvalue weighted by Gasteiger charge is 2.13. The van der Waals surface area contributed by atoms with Gasteiger partial charge in [0.05, 0.1) is 17.3 Å². The Bertz CT molecular complexity index is 496. The number of benzene rings is 1. The summed E-state index contributed by atoms with van der Waals surface area (Å²) >= 11 is 3.17. The largest absolute Gasteiger partial charge is 0.467 e. The Labute approximate surface area is 102 Å². The summed E-state index contributed by atoms with van der Waals surface area (Å²) in [5.74, 6) is 0.473. The molecule has 1 heterocycles. The number of halogens is 2. The van der Waals surface area contributed by atoms with E-state index in [1.165, 1.54) is 0 Å². The first kappa shape index (κ1) is 11.4. The molecule has 0 saturated carbocycles. The highest BCUT2D eigenvalue weighted by atomic mass is 79.9. The van der Waals surface area contributed by atoms with Gasteiger partial charge in [0.25, 0.3) is 0 Å². The summed E-state index contributed by atoms with van der Waals surface area (Å²) in [7, 11) is 1.82. The van der Waals surface area contributed by atoms with Crippen molar-refractivity contribution in [3.05, 3.63) is 46.6 Å². The maximum absolute atomic E-state index is 13.9. The molecule has 0 unspecified atom stereocenters. The predicted octanol–water partition coefficient (Wildman–Crippen LogP) is 3.57. The average molecular weight is 284 g/mol. The van der Waals surface area contributed by atoms with Crippen LogP contribution in [-0.2, 0) is 6.54 Å². The Morgan fingerprint density at radius 2 is 2.12 bits per heavy atom. The molecule has 0 bridgehead atoms. The van der Waals surface area contributed by atoms with Crippen molar-refractivity contribution in [2.45, 2.75) is 6.54 Å². The van der Waals surface area contributed by atoms with Gasteiger partial charge in [0.1, 0.15) is 11.6 Å². The van der Waals surface area contributed by atoms with E-state index in [0.29, 0.717) is 16.6 Å². The van der Waals surface area contributed by atoms with Crippen LogP contribution in [0.3, 0.4) is 0 Å². The first-order valence-electron chi connectivity index (χ1n) is 4.89. The third-order valence-corrected chi connectivity index (χ3v) is 2.94. The molecule has 1 N–H and O–H groups in total. The molecule has 0 radical (unpaired) electrons. The molecule has 16 heavy (non-hydrogen) atoms. The lowest BCUT2D eigenvalue weighted by Crippen LogP contribution is -2.05. The van der Waals surface area contributed by atoms with E-state index in [2.05, 4.69) is 21.2 Å². The summed E-state index contributed by atoms with van der Waals surface area (Å²) < 4.78 is 19.6. The van der Waals surface area contributed by atoms with Gasteiger partial charge in [-0.25, -0.2) is 4.39 Å². The first-order valence-corrected chi connectivity index (χ1v) is 5.68. The fourth-order valence-corrected chi connectivity index (χ4v) is 1.96. The van der Waals surface area contributed by atoms with Crippen LogP contribution in [0.2, 0.25) is 0 Å². The third-order valence-electron chi connectivity index (χ3n) is 2.32.